The minimum absolute atomic E-state index is 0.344. The summed E-state index contributed by atoms with van der Waals surface area (Å²) >= 11 is 0. The average Bonchev–Trinajstić information content (AvgIpc) is 2.60. The maximum Gasteiger partial charge on any atom is 0.323 e. The molecular weight excluding hydrogens is 210 g/mol. The van der Waals surface area contributed by atoms with Crippen molar-refractivity contribution in [1.82, 2.24) is 15.0 Å². The molecule has 0 bridgehead atoms. The van der Waals surface area contributed by atoms with Crippen molar-refractivity contribution in [2.45, 2.75) is 39.8 Å². The number of aliphatic carboxylic acids is 1. The molecule has 0 radical (unpaired) electrons. The van der Waals surface area contributed by atoms with Crippen LogP contribution in [0.15, 0.2) is 4.52 Å². The molecule has 0 aliphatic heterocycles. The second-order valence-electron chi connectivity index (χ2n) is 4.11. The van der Waals surface area contributed by atoms with E-state index >= 15 is 0 Å². The molecule has 1 aromatic heterocycles. The van der Waals surface area contributed by atoms with Crippen LogP contribution in [0.2, 0.25) is 0 Å². The summed E-state index contributed by atoms with van der Waals surface area (Å²) in [5, 5.41) is 12.8. The fourth-order valence-corrected chi connectivity index (χ4v) is 1.41. The third kappa shape index (κ3) is 2.57. The van der Waals surface area contributed by atoms with Gasteiger partial charge in [0.15, 0.2) is 5.82 Å². The van der Waals surface area contributed by atoms with E-state index in [1.54, 1.807) is 25.7 Å². The molecule has 0 saturated heterocycles. The molecule has 16 heavy (non-hydrogen) atoms. The number of nitrogens with zero attached hydrogens (tertiary/aromatic N) is 3. The normalized spacial score (nSPS) is 12.1. The number of carboxylic acid groups (broad SMARTS) is 1. The highest BCUT2D eigenvalue weighted by Gasteiger charge is 2.34. The fourth-order valence-electron chi connectivity index (χ4n) is 1.41. The highest BCUT2D eigenvalue weighted by Crippen LogP contribution is 2.17. The first kappa shape index (κ1) is 12.6. The molecule has 0 aromatic carbocycles. The van der Waals surface area contributed by atoms with E-state index in [9.17, 15) is 4.79 Å². The van der Waals surface area contributed by atoms with Crippen LogP contribution in [0.4, 0.5) is 0 Å². The van der Waals surface area contributed by atoms with Crippen molar-refractivity contribution in [3.8, 4) is 0 Å². The third-order valence-electron chi connectivity index (χ3n) is 2.59. The molecule has 0 fully saturated rings. The summed E-state index contributed by atoms with van der Waals surface area (Å²) in [6.45, 7) is 7.88. The van der Waals surface area contributed by atoms with E-state index in [0.717, 1.165) is 0 Å². The van der Waals surface area contributed by atoms with Gasteiger partial charge < -0.3 is 9.63 Å². The lowest BCUT2D eigenvalue weighted by Gasteiger charge is -2.32. The van der Waals surface area contributed by atoms with Crippen molar-refractivity contribution in [2.75, 3.05) is 6.54 Å². The van der Waals surface area contributed by atoms with Gasteiger partial charge in [-0.25, -0.2) is 0 Å². The van der Waals surface area contributed by atoms with Crippen LogP contribution in [0.25, 0.3) is 0 Å². The number of carbonyl (C=O) groups is 1. The Hall–Kier alpha value is -1.43. The van der Waals surface area contributed by atoms with Gasteiger partial charge in [0, 0.05) is 0 Å². The highest BCUT2D eigenvalue weighted by molar-refractivity contribution is 5.77. The summed E-state index contributed by atoms with van der Waals surface area (Å²) < 4.78 is 4.98. The number of carboxylic acids is 1. The lowest BCUT2D eigenvalue weighted by molar-refractivity contribution is -0.149. The number of hydrogen-bond donors (Lipinski definition) is 1. The van der Waals surface area contributed by atoms with E-state index in [-0.39, 0.29) is 0 Å². The molecule has 1 heterocycles. The molecule has 1 N–H and O–H groups in total. The monoisotopic (exact) mass is 227 g/mol. The van der Waals surface area contributed by atoms with Crippen molar-refractivity contribution < 1.29 is 14.4 Å². The van der Waals surface area contributed by atoms with Crippen molar-refractivity contribution in [3.05, 3.63) is 11.7 Å². The lowest BCUT2D eigenvalue weighted by Crippen LogP contribution is -2.49. The highest BCUT2D eigenvalue weighted by atomic mass is 16.5. The van der Waals surface area contributed by atoms with Crippen LogP contribution < -0.4 is 0 Å². The summed E-state index contributed by atoms with van der Waals surface area (Å²) in [6.07, 6.45) is 0. The Morgan fingerprint density at radius 2 is 2.19 bits per heavy atom. The zero-order valence-corrected chi connectivity index (χ0v) is 10.0. The predicted octanol–water partition coefficient (Wildman–Crippen LogP) is 1.06. The van der Waals surface area contributed by atoms with E-state index < -0.39 is 11.5 Å². The lowest BCUT2D eigenvalue weighted by atomic mass is 10.0. The van der Waals surface area contributed by atoms with Gasteiger partial charge in [-0.3, -0.25) is 9.69 Å². The summed E-state index contributed by atoms with van der Waals surface area (Å²) in [4.78, 5) is 16.9. The molecule has 0 unspecified atom stereocenters. The summed E-state index contributed by atoms with van der Waals surface area (Å²) in [5.74, 6) is 0.124. The zero-order chi connectivity index (χ0) is 12.3. The topological polar surface area (TPSA) is 79.5 Å². The fraction of sp³-hybridized carbons (Fsp3) is 0.700. The van der Waals surface area contributed by atoms with Crippen LogP contribution in [-0.2, 0) is 11.3 Å². The smallest absolute Gasteiger partial charge is 0.323 e. The van der Waals surface area contributed by atoms with E-state index in [1.807, 2.05) is 6.92 Å². The zero-order valence-electron chi connectivity index (χ0n) is 10.0. The van der Waals surface area contributed by atoms with Crippen molar-refractivity contribution in [1.29, 1.82) is 0 Å². The Balaban J connectivity index is 2.80. The van der Waals surface area contributed by atoms with Crippen molar-refractivity contribution in [2.24, 2.45) is 0 Å². The van der Waals surface area contributed by atoms with Gasteiger partial charge in [-0.05, 0) is 27.3 Å². The first-order valence-electron chi connectivity index (χ1n) is 5.15. The molecule has 6 nitrogen and oxygen atoms in total. The Kier molecular flexibility index (Phi) is 3.64. The van der Waals surface area contributed by atoms with Crippen LogP contribution in [0.1, 0.15) is 32.5 Å². The quantitative estimate of drug-likeness (QED) is 0.810. The summed E-state index contributed by atoms with van der Waals surface area (Å²) in [5.41, 5.74) is -0.947. The van der Waals surface area contributed by atoms with Gasteiger partial charge in [-0.2, -0.15) is 4.98 Å². The molecule has 6 heteroatoms. The van der Waals surface area contributed by atoms with Gasteiger partial charge in [0.2, 0.25) is 5.89 Å². The van der Waals surface area contributed by atoms with Crippen LogP contribution in [0.5, 0.6) is 0 Å². The van der Waals surface area contributed by atoms with Gasteiger partial charge in [0.05, 0.1) is 6.54 Å². The van der Waals surface area contributed by atoms with E-state index in [1.165, 1.54) is 0 Å². The molecular formula is C10H17N3O3. The van der Waals surface area contributed by atoms with E-state index in [0.29, 0.717) is 24.8 Å². The summed E-state index contributed by atoms with van der Waals surface area (Å²) in [6, 6.07) is 0. The molecule has 0 spiro atoms. The number of hydrogen-bond acceptors (Lipinski definition) is 5. The first-order chi connectivity index (χ1) is 7.37. The number of rotatable bonds is 5. The Morgan fingerprint density at radius 1 is 1.56 bits per heavy atom. The Morgan fingerprint density at radius 3 is 2.56 bits per heavy atom. The second-order valence-corrected chi connectivity index (χ2v) is 4.11. The van der Waals surface area contributed by atoms with Gasteiger partial charge in [-0.1, -0.05) is 12.1 Å². The van der Waals surface area contributed by atoms with Crippen LogP contribution in [0, 0.1) is 6.92 Å². The van der Waals surface area contributed by atoms with Gasteiger partial charge >= 0.3 is 5.97 Å². The maximum absolute atomic E-state index is 11.1. The standard InChI is InChI=1S/C10H17N3O3/c1-5-13(10(3,4)9(14)15)6-8-11-7(2)12-16-8/h5-6H2,1-4H3,(H,14,15). The van der Waals surface area contributed by atoms with Crippen LogP contribution >= 0.6 is 0 Å². The molecule has 0 saturated carbocycles. The van der Waals surface area contributed by atoms with Gasteiger partial charge in [-0.15, -0.1) is 0 Å². The molecule has 0 amide bonds. The summed E-state index contributed by atoms with van der Waals surface area (Å²) in [7, 11) is 0. The minimum atomic E-state index is -0.947. The largest absolute Gasteiger partial charge is 0.480 e. The van der Waals surface area contributed by atoms with E-state index in [4.69, 9.17) is 9.63 Å². The Bertz CT molecular complexity index is 373. The molecule has 0 aliphatic carbocycles. The van der Waals surface area contributed by atoms with Crippen molar-refractivity contribution in [3.63, 3.8) is 0 Å². The molecule has 0 atom stereocenters. The minimum Gasteiger partial charge on any atom is -0.480 e. The molecule has 0 aliphatic rings. The van der Waals surface area contributed by atoms with Crippen molar-refractivity contribution >= 4 is 5.97 Å². The molecule has 1 rings (SSSR count). The number of likely N-dealkylation sites (N-methyl/N-ethyl adjacent to an activating group) is 1. The first-order valence-corrected chi connectivity index (χ1v) is 5.15. The van der Waals surface area contributed by atoms with Crippen LogP contribution in [0.3, 0.4) is 0 Å². The second kappa shape index (κ2) is 4.61. The van der Waals surface area contributed by atoms with Gasteiger partial charge in [0.25, 0.3) is 0 Å². The molecule has 1 aromatic rings. The third-order valence-corrected chi connectivity index (χ3v) is 2.59. The van der Waals surface area contributed by atoms with Crippen LogP contribution in [-0.4, -0.2) is 38.2 Å². The molecule has 90 valence electrons. The van der Waals surface area contributed by atoms with Gasteiger partial charge in [0.1, 0.15) is 5.54 Å². The number of aryl methyl sites for hydroxylation is 1. The maximum atomic E-state index is 11.1. The van der Waals surface area contributed by atoms with E-state index in [2.05, 4.69) is 10.1 Å². The SMILES string of the molecule is CCN(Cc1nc(C)no1)C(C)(C)C(=O)O. The number of aromatic nitrogens is 2. The Labute approximate surface area is 94.3 Å². The predicted molar refractivity (Wildman–Crippen MR) is 56.8 cm³/mol. The average molecular weight is 227 g/mol.